The van der Waals surface area contributed by atoms with Gasteiger partial charge >= 0.3 is 0 Å². The molecule has 130 valence electrons. The summed E-state index contributed by atoms with van der Waals surface area (Å²) in [7, 11) is 0. The molecule has 0 bridgehead atoms. The number of benzene rings is 2. The van der Waals surface area contributed by atoms with Crippen molar-refractivity contribution >= 4 is 10.8 Å². The third kappa shape index (κ3) is 4.94. The highest BCUT2D eigenvalue weighted by atomic mass is 16.5. The zero-order valence-corrected chi connectivity index (χ0v) is 14.6. The van der Waals surface area contributed by atoms with Gasteiger partial charge in [0.1, 0.15) is 12.4 Å². The standard InChI is InChI=1S/C20H27NO3/c1-16-14-21(15-17(2)24-16)9-10-22-11-12-23-20-8-7-18-5-3-4-6-19(18)13-20/h3-8,13,16-17H,9-12,14-15H2,1-2H3/t16-,17-/m1/s1. The van der Waals surface area contributed by atoms with E-state index in [0.29, 0.717) is 25.4 Å². The Morgan fingerprint density at radius 2 is 1.71 bits per heavy atom. The molecule has 0 spiro atoms. The van der Waals surface area contributed by atoms with E-state index in [-0.39, 0.29) is 0 Å². The second-order valence-corrected chi connectivity index (χ2v) is 6.49. The minimum absolute atomic E-state index is 0.310. The summed E-state index contributed by atoms with van der Waals surface area (Å²) in [6, 6.07) is 14.5. The van der Waals surface area contributed by atoms with Crippen molar-refractivity contribution < 1.29 is 14.2 Å². The first-order chi connectivity index (χ1) is 11.7. The van der Waals surface area contributed by atoms with Crippen LogP contribution in [-0.4, -0.2) is 56.6 Å². The Hall–Kier alpha value is -1.62. The molecule has 1 saturated heterocycles. The van der Waals surface area contributed by atoms with E-state index in [0.717, 1.165) is 32.0 Å². The molecule has 0 unspecified atom stereocenters. The van der Waals surface area contributed by atoms with E-state index in [1.165, 1.54) is 10.8 Å². The fourth-order valence-corrected chi connectivity index (χ4v) is 3.24. The molecule has 2 aromatic carbocycles. The smallest absolute Gasteiger partial charge is 0.120 e. The van der Waals surface area contributed by atoms with Crippen LogP contribution in [0.5, 0.6) is 5.75 Å². The Morgan fingerprint density at radius 3 is 2.50 bits per heavy atom. The Labute approximate surface area is 144 Å². The van der Waals surface area contributed by atoms with Gasteiger partial charge in [0.25, 0.3) is 0 Å². The second kappa shape index (κ2) is 8.47. The van der Waals surface area contributed by atoms with E-state index in [2.05, 4.69) is 43.0 Å². The van der Waals surface area contributed by atoms with E-state index < -0.39 is 0 Å². The number of fused-ring (bicyclic) bond motifs is 1. The van der Waals surface area contributed by atoms with Gasteiger partial charge in [0.05, 0.1) is 25.4 Å². The molecule has 0 aliphatic carbocycles. The van der Waals surface area contributed by atoms with Crippen molar-refractivity contribution in [1.29, 1.82) is 0 Å². The molecule has 0 aromatic heterocycles. The summed E-state index contributed by atoms with van der Waals surface area (Å²) in [4.78, 5) is 2.41. The quantitative estimate of drug-likeness (QED) is 0.729. The first kappa shape index (κ1) is 17.2. The second-order valence-electron chi connectivity index (χ2n) is 6.49. The van der Waals surface area contributed by atoms with Crippen molar-refractivity contribution in [3.8, 4) is 5.75 Å². The van der Waals surface area contributed by atoms with Crippen LogP contribution in [-0.2, 0) is 9.47 Å². The fraction of sp³-hybridized carbons (Fsp3) is 0.500. The molecule has 1 aliphatic rings. The first-order valence-corrected chi connectivity index (χ1v) is 8.78. The number of hydrogen-bond donors (Lipinski definition) is 0. The average molecular weight is 329 g/mol. The van der Waals surface area contributed by atoms with Crippen molar-refractivity contribution in [2.75, 3.05) is 39.5 Å². The summed E-state index contributed by atoms with van der Waals surface area (Å²) < 4.78 is 17.2. The fourth-order valence-electron chi connectivity index (χ4n) is 3.24. The largest absolute Gasteiger partial charge is 0.491 e. The Bertz CT molecular complexity index is 636. The molecule has 1 heterocycles. The van der Waals surface area contributed by atoms with Crippen LogP contribution >= 0.6 is 0 Å². The maximum atomic E-state index is 5.78. The minimum Gasteiger partial charge on any atom is -0.491 e. The van der Waals surface area contributed by atoms with Crippen molar-refractivity contribution in [3.63, 3.8) is 0 Å². The lowest BCUT2D eigenvalue weighted by Gasteiger charge is -2.35. The van der Waals surface area contributed by atoms with Gasteiger partial charge in [-0.3, -0.25) is 4.90 Å². The van der Waals surface area contributed by atoms with Gasteiger partial charge in [-0.05, 0) is 36.8 Å². The van der Waals surface area contributed by atoms with Gasteiger partial charge < -0.3 is 14.2 Å². The van der Waals surface area contributed by atoms with E-state index >= 15 is 0 Å². The maximum Gasteiger partial charge on any atom is 0.120 e. The van der Waals surface area contributed by atoms with Crippen LogP contribution in [0.3, 0.4) is 0 Å². The van der Waals surface area contributed by atoms with E-state index in [4.69, 9.17) is 14.2 Å². The first-order valence-electron chi connectivity index (χ1n) is 8.78. The minimum atomic E-state index is 0.310. The lowest BCUT2D eigenvalue weighted by molar-refractivity contribution is -0.0734. The highest BCUT2D eigenvalue weighted by molar-refractivity contribution is 5.83. The lowest BCUT2D eigenvalue weighted by atomic mass is 10.1. The Balaban J connectivity index is 1.33. The predicted octanol–water partition coefficient (Wildman–Crippen LogP) is 3.34. The highest BCUT2D eigenvalue weighted by Gasteiger charge is 2.21. The van der Waals surface area contributed by atoms with Crippen LogP contribution < -0.4 is 4.74 Å². The number of morpholine rings is 1. The molecular weight excluding hydrogens is 302 g/mol. The normalized spacial score (nSPS) is 21.9. The Kier molecular flexibility index (Phi) is 6.07. The molecule has 24 heavy (non-hydrogen) atoms. The average Bonchev–Trinajstić information content (AvgIpc) is 2.57. The number of nitrogens with zero attached hydrogens (tertiary/aromatic N) is 1. The molecular formula is C20H27NO3. The van der Waals surface area contributed by atoms with Crippen LogP contribution in [0, 0.1) is 0 Å². The van der Waals surface area contributed by atoms with Gasteiger partial charge in [0.15, 0.2) is 0 Å². The van der Waals surface area contributed by atoms with Gasteiger partial charge in [-0.2, -0.15) is 0 Å². The third-order valence-electron chi connectivity index (χ3n) is 4.26. The summed E-state index contributed by atoms with van der Waals surface area (Å²) in [6.07, 6.45) is 0.620. The van der Waals surface area contributed by atoms with Crippen LogP contribution in [0.2, 0.25) is 0 Å². The van der Waals surface area contributed by atoms with Gasteiger partial charge in [-0.15, -0.1) is 0 Å². The zero-order chi connectivity index (χ0) is 16.8. The van der Waals surface area contributed by atoms with Crippen molar-refractivity contribution in [1.82, 2.24) is 4.90 Å². The number of hydrogen-bond acceptors (Lipinski definition) is 4. The molecule has 1 fully saturated rings. The molecule has 0 saturated carbocycles. The van der Waals surface area contributed by atoms with Crippen LogP contribution in [0.4, 0.5) is 0 Å². The van der Waals surface area contributed by atoms with Crippen molar-refractivity contribution in [2.45, 2.75) is 26.1 Å². The van der Waals surface area contributed by atoms with E-state index in [1.807, 2.05) is 18.2 Å². The van der Waals surface area contributed by atoms with Crippen molar-refractivity contribution in [3.05, 3.63) is 42.5 Å². The predicted molar refractivity (Wildman–Crippen MR) is 96.7 cm³/mol. The summed E-state index contributed by atoms with van der Waals surface area (Å²) in [5.74, 6) is 0.896. The summed E-state index contributed by atoms with van der Waals surface area (Å²) in [5.41, 5.74) is 0. The number of ether oxygens (including phenoxy) is 3. The highest BCUT2D eigenvalue weighted by Crippen LogP contribution is 2.20. The van der Waals surface area contributed by atoms with Gasteiger partial charge in [-0.25, -0.2) is 0 Å². The van der Waals surface area contributed by atoms with E-state index in [1.54, 1.807) is 0 Å². The molecule has 3 rings (SSSR count). The van der Waals surface area contributed by atoms with Crippen LogP contribution in [0.25, 0.3) is 10.8 Å². The molecule has 4 heteroatoms. The summed E-state index contributed by atoms with van der Waals surface area (Å²) >= 11 is 0. The maximum absolute atomic E-state index is 5.78. The third-order valence-corrected chi connectivity index (χ3v) is 4.26. The molecule has 4 nitrogen and oxygen atoms in total. The molecule has 0 N–H and O–H groups in total. The van der Waals surface area contributed by atoms with Gasteiger partial charge in [0.2, 0.25) is 0 Å². The van der Waals surface area contributed by atoms with Gasteiger partial charge in [-0.1, -0.05) is 30.3 Å². The monoisotopic (exact) mass is 329 g/mol. The Morgan fingerprint density at radius 1 is 0.958 bits per heavy atom. The molecule has 2 aromatic rings. The molecule has 0 radical (unpaired) electrons. The summed E-state index contributed by atoms with van der Waals surface area (Å²) in [6.45, 7) is 9.11. The molecule has 2 atom stereocenters. The lowest BCUT2D eigenvalue weighted by Crippen LogP contribution is -2.46. The van der Waals surface area contributed by atoms with Crippen molar-refractivity contribution in [2.24, 2.45) is 0 Å². The van der Waals surface area contributed by atoms with E-state index in [9.17, 15) is 0 Å². The van der Waals surface area contributed by atoms with Crippen LogP contribution in [0.1, 0.15) is 13.8 Å². The number of rotatable bonds is 7. The molecule has 1 aliphatic heterocycles. The topological polar surface area (TPSA) is 30.9 Å². The summed E-state index contributed by atoms with van der Waals surface area (Å²) in [5, 5.41) is 2.43. The molecule has 0 amide bonds. The SMILES string of the molecule is C[C@@H]1CN(CCOCCOc2ccc3ccccc3c2)C[C@@H](C)O1. The zero-order valence-electron chi connectivity index (χ0n) is 14.6. The van der Waals surface area contributed by atoms with Gasteiger partial charge in [0, 0.05) is 19.6 Å². The van der Waals surface area contributed by atoms with Crippen LogP contribution in [0.15, 0.2) is 42.5 Å².